The summed E-state index contributed by atoms with van der Waals surface area (Å²) >= 11 is 5.83. The van der Waals surface area contributed by atoms with Crippen LogP contribution in [0.3, 0.4) is 0 Å². The second-order valence-electron chi connectivity index (χ2n) is 4.58. The zero-order valence-electron chi connectivity index (χ0n) is 11.3. The molecule has 2 heterocycles. The minimum Gasteiger partial charge on any atom is -0.459 e. The molecule has 0 N–H and O–H groups in total. The summed E-state index contributed by atoms with van der Waals surface area (Å²) in [5.74, 6) is -0.444. The van der Waals surface area contributed by atoms with Crippen molar-refractivity contribution in [3.63, 3.8) is 0 Å². The summed E-state index contributed by atoms with van der Waals surface area (Å²) in [4.78, 5) is 27.8. The molecule has 2 rings (SSSR count). The first kappa shape index (κ1) is 14.5. The molecule has 0 aliphatic rings. The minimum atomic E-state index is -0.286. The Kier molecular flexibility index (Phi) is 4.39. The molecule has 2 aromatic heterocycles. The number of halogens is 1. The molecule has 0 fully saturated rings. The van der Waals surface area contributed by atoms with Crippen molar-refractivity contribution in [3.05, 3.63) is 45.5 Å². The number of carbonyl (C=O) groups excluding carboxylic acids is 1. The molecule has 2 aromatic rings. The standard InChI is InChI=1S/C14H15ClN2O3/c1-3-9(2)14(19)20-8-11-6-13(18)17-7-10(15)4-5-12(17)16-11/h4-7,9H,3,8H2,1-2H3. The van der Waals surface area contributed by atoms with Crippen molar-refractivity contribution in [1.82, 2.24) is 9.38 Å². The van der Waals surface area contributed by atoms with Gasteiger partial charge in [-0.1, -0.05) is 25.4 Å². The van der Waals surface area contributed by atoms with Gasteiger partial charge >= 0.3 is 5.97 Å². The van der Waals surface area contributed by atoms with Gasteiger partial charge in [-0.2, -0.15) is 0 Å². The number of hydrogen-bond acceptors (Lipinski definition) is 4. The number of carbonyl (C=O) groups is 1. The van der Waals surface area contributed by atoms with E-state index in [-0.39, 0.29) is 24.1 Å². The third kappa shape index (κ3) is 3.17. The molecule has 0 bridgehead atoms. The number of nitrogens with zero attached hydrogens (tertiary/aromatic N) is 2. The second kappa shape index (κ2) is 6.05. The fourth-order valence-electron chi connectivity index (χ4n) is 1.65. The summed E-state index contributed by atoms with van der Waals surface area (Å²) in [6.45, 7) is 3.71. The van der Waals surface area contributed by atoms with Gasteiger partial charge in [-0.15, -0.1) is 0 Å². The number of rotatable bonds is 4. The Morgan fingerprint density at radius 1 is 1.50 bits per heavy atom. The highest BCUT2D eigenvalue weighted by Crippen LogP contribution is 2.09. The quantitative estimate of drug-likeness (QED) is 0.813. The van der Waals surface area contributed by atoms with E-state index in [1.807, 2.05) is 6.92 Å². The van der Waals surface area contributed by atoms with Gasteiger partial charge < -0.3 is 4.74 Å². The maximum Gasteiger partial charge on any atom is 0.309 e. The lowest BCUT2D eigenvalue weighted by Gasteiger charge is -2.09. The van der Waals surface area contributed by atoms with Crippen LogP contribution in [0.2, 0.25) is 5.02 Å². The summed E-state index contributed by atoms with van der Waals surface area (Å²) in [6.07, 6.45) is 2.21. The van der Waals surface area contributed by atoms with E-state index >= 15 is 0 Å². The topological polar surface area (TPSA) is 60.7 Å². The number of esters is 1. The van der Waals surface area contributed by atoms with Crippen molar-refractivity contribution < 1.29 is 9.53 Å². The molecule has 0 saturated carbocycles. The lowest BCUT2D eigenvalue weighted by atomic mass is 10.1. The largest absolute Gasteiger partial charge is 0.459 e. The van der Waals surface area contributed by atoms with Gasteiger partial charge in [0.2, 0.25) is 0 Å². The molecular weight excluding hydrogens is 280 g/mol. The molecule has 0 saturated heterocycles. The number of hydrogen-bond donors (Lipinski definition) is 0. The maximum atomic E-state index is 11.9. The fraction of sp³-hybridized carbons (Fsp3) is 0.357. The van der Waals surface area contributed by atoms with Crippen molar-refractivity contribution in [2.75, 3.05) is 0 Å². The van der Waals surface area contributed by atoms with Crippen molar-refractivity contribution >= 4 is 23.2 Å². The van der Waals surface area contributed by atoms with Gasteiger partial charge in [0.1, 0.15) is 12.3 Å². The first-order valence-electron chi connectivity index (χ1n) is 6.35. The third-order valence-corrected chi connectivity index (χ3v) is 3.28. The van der Waals surface area contributed by atoms with Crippen LogP contribution in [-0.2, 0) is 16.1 Å². The molecule has 0 radical (unpaired) electrons. The monoisotopic (exact) mass is 294 g/mol. The molecule has 0 spiro atoms. The van der Waals surface area contributed by atoms with Gasteiger partial charge in [0.05, 0.1) is 16.6 Å². The Labute approximate surface area is 121 Å². The summed E-state index contributed by atoms with van der Waals surface area (Å²) in [5.41, 5.74) is 0.637. The first-order chi connectivity index (χ1) is 9.51. The molecule has 0 aliphatic carbocycles. The van der Waals surface area contributed by atoms with Crippen LogP contribution >= 0.6 is 11.6 Å². The predicted molar refractivity (Wildman–Crippen MR) is 75.7 cm³/mol. The van der Waals surface area contributed by atoms with E-state index in [4.69, 9.17) is 16.3 Å². The average Bonchev–Trinajstić information content (AvgIpc) is 2.44. The van der Waals surface area contributed by atoms with Gasteiger partial charge in [-0.25, -0.2) is 4.98 Å². The maximum absolute atomic E-state index is 11.9. The van der Waals surface area contributed by atoms with E-state index in [1.165, 1.54) is 16.7 Å². The number of fused-ring (bicyclic) bond motifs is 1. The molecule has 6 heteroatoms. The highest BCUT2D eigenvalue weighted by molar-refractivity contribution is 6.30. The van der Waals surface area contributed by atoms with E-state index < -0.39 is 0 Å². The minimum absolute atomic E-state index is 0.00244. The summed E-state index contributed by atoms with van der Waals surface area (Å²) in [7, 11) is 0. The Hall–Kier alpha value is -1.88. The number of aromatic nitrogens is 2. The molecular formula is C14H15ClN2O3. The van der Waals surface area contributed by atoms with Crippen molar-refractivity contribution in [2.24, 2.45) is 5.92 Å². The normalized spacial score (nSPS) is 12.3. The van der Waals surface area contributed by atoms with Crippen LogP contribution in [-0.4, -0.2) is 15.4 Å². The van der Waals surface area contributed by atoms with Gasteiger partial charge in [-0.3, -0.25) is 14.0 Å². The van der Waals surface area contributed by atoms with Crippen LogP contribution in [0.15, 0.2) is 29.2 Å². The van der Waals surface area contributed by atoms with Crippen LogP contribution in [0.25, 0.3) is 5.65 Å². The van der Waals surface area contributed by atoms with Gasteiger partial charge in [0.15, 0.2) is 0 Å². The van der Waals surface area contributed by atoms with Crippen molar-refractivity contribution in [2.45, 2.75) is 26.9 Å². The summed E-state index contributed by atoms with van der Waals surface area (Å²) in [6, 6.07) is 4.63. The van der Waals surface area contributed by atoms with E-state index in [0.29, 0.717) is 22.8 Å². The molecule has 106 valence electrons. The number of pyridine rings is 1. The Morgan fingerprint density at radius 2 is 2.25 bits per heavy atom. The van der Waals surface area contributed by atoms with Crippen LogP contribution in [0.1, 0.15) is 26.0 Å². The SMILES string of the molecule is CCC(C)C(=O)OCc1cc(=O)n2cc(Cl)ccc2n1. The van der Waals surface area contributed by atoms with Crippen LogP contribution in [0, 0.1) is 5.92 Å². The molecule has 1 atom stereocenters. The van der Waals surface area contributed by atoms with E-state index in [2.05, 4.69) is 4.98 Å². The molecule has 5 nitrogen and oxygen atoms in total. The zero-order valence-corrected chi connectivity index (χ0v) is 12.1. The van der Waals surface area contributed by atoms with Crippen molar-refractivity contribution in [1.29, 1.82) is 0 Å². The molecule has 20 heavy (non-hydrogen) atoms. The smallest absolute Gasteiger partial charge is 0.309 e. The van der Waals surface area contributed by atoms with E-state index in [0.717, 1.165) is 0 Å². The Bertz CT molecular complexity index is 696. The molecule has 0 amide bonds. The summed E-state index contributed by atoms with van der Waals surface area (Å²) < 4.78 is 6.48. The third-order valence-electron chi connectivity index (χ3n) is 3.05. The van der Waals surface area contributed by atoms with E-state index in [9.17, 15) is 9.59 Å². The van der Waals surface area contributed by atoms with Crippen LogP contribution in [0.4, 0.5) is 0 Å². The van der Waals surface area contributed by atoms with Gasteiger partial charge in [0, 0.05) is 12.3 Å². The molecule has 1 unspecified atom stereocenters. The number of ether oxygens (including phenoxy) is 1. The molecule has 0 aromatic carbocycles. The van der Waals surface area contributed by atoms with E-state index in [1.54, 1.807) is 19.1 Å². The second-order valence-corrected chi connectivity index (χ2v) is 5.01. The Balaban J connectivity index is 2.22. The van der Waals surface area contributed by atoms with Crippen molar-refractivity contribution in [3.8, 4) is 0 Å². The van der Waals surface area contributed by atoms with Crippen LogP contribution < -0.4 is 5.56 Å². The first-order valence-corrected chi connectivity index (χ1v) is 6.73. The molecule has 0 aliphatic heterocycles. The predicted octanol–water partition coefficient (Wildman–Crippen LogP) is 2.44. The highest BCUT2D eigenvalue weighted by atomic mass is 35.5. The highest BCUT2D eigenvalue weighted by Gasteiger charge is 2.12. The lowest BCUT2D eigenvalue weighted by molar-refractivity contribution is -0.149. The zero-order chi connectivity index (χ0) is 14.7. The lowest BCUT2D eigenvalue weighted by Crippen LogP contribution is -2.18. The van der Waals surface area contributed by atoms with Crippen LogP contribution in [0.5, 0.6) is 0 Å². The van der Waals surface area contributed by atoms with Gasteiger partial charge in [-0.05, 0) is 18.6 Å². The van der Waals surface area contributed by atoms with Gasteiger partial charge in [0.25, 0.3) is 5.56 Å². The fourth-order valence-corrected chi connectivity index (χ4v) is 1.81. The Morgan fingerprint density at radius 3 is 2.95 bits per heavy atom. The average molecular weight is 295 g/mol. The summed E-state index contributed by atoms with van der Waals surface area (Å²) in [5, 5.41) is 0.456.